The van der Waals surface area contributed by atoms with Crippen LogP contribution in [0.1, 0.15) is 25.2 Å². The molecular formula is C20H17F2N3O3. The second kappa shape index (κ2) is 7.38. The second-order valence-corrected chi connectivity index (χ2v) is 6.42. The van der Waals surface area contributed by atoms with E-state index in [-0.39, 0.29) is 30.5 Å². The Morgan fingerprint density at radius 2 is 2.11 bits per heavy atom. The van der Waals surface area contributed by atoms with Crippen molar-refractivity contribution >= 4 is 11.6 Å². The molecule has 1 atom stereocenters. The molecule has 1 fully saturated rings. The molecule has 0 N–H and O–H groups in total. The highest BCUT2D eigenvalue weighted by Gasteiger charge is 2.36. The lowest BCUT2D eigenvalue weighted by Gasteiger charge is -2.16. The van der Waals surface area contributed by atoms with Crippen molar-refractivity contribution in [1.29, 1.82) is 0 Å². The summed E-state index contributed by atoms with van der Waals surface area (Å²) >= 11 is 0. The van der Waals surface area contributed by atoms with Crippen molar-refractivity contribution in [3.8, 4) is 17.1 Å². The lowest BCUT2D eigenvalue weighted by molar-refractivity contribution is -0.117. The topological polar surface area (TPSA) is 68.5 Å². The van der Waals surface area contributed by atoms with Crippen LogP contribution in [0.5, 0.6) is 5.75 Å². The van der Waals surface area contributed by atoms with Crippen molar-refractivity contribution in [2.75, 3.05) is 18.1 Å². The van der Waals surface area contributed by atoms with Crippen LogP contribution >= 0.6 is 0 Å². The molecule has 0 saturated carbocycles. The molecule has 2 aromatic carbocycles. The molecule has 1 aliphatic rings. The summed E-state index contributed by atoms with van der Waals surface area (Å²) in [5.74, 6) is -0.644. The summed E-state index contributed by atoms with van der Waals surface area (Å²) in [6.45, 7) is 2.57. The molecular weight excluding hydrogens is 368 g/mol. The molecule has 3 aromatic rings. The van der Waals surface area contributed by atoms with Crippen molar-refractivity contribution in [2.45, 2.75) is 19.3 Å². The maximum absolute atomic E-state index is 14.0. The molecule has 1 aromatic heterocycles. The van der Waals surface area contributed by atoms with Crippen molar-refractivity contribution in [3.63, 3.8) is 0 Å². The van der Waals surface area contributed by atoms with E-state index in [1.807, 2.05) is 25.1 Å². The first-order valence-corrected chi connectivity index (χ1v) is 8.87. The Morgan fingerprint density at radius 1 is 1.25 bits per heavy atom. The molecule has 144 valence electrons. The number of carbonyl (C=O) groups is 1. The number of rotatable bonds is 5. The molecule has 0 radical (unpaired) electrons. The Labute approximate surface area is 159 Å². The number of amides is 1. The van der Waals surface area contributed by atoms with Crippen LogP contribution in [0.2, 0.25) is 0 Å². The van der Waals surface area contributed by atoms with E-state index < -0.39 is 17.6 Å². The number of ether oxygens (including phenoxy) is 1. The van der Waals surface area contributed by atoms with E-state index in [4.69, 9.17) is 9.26 Å². The van der Waals surface area contributed by atoms with E-state index in [0.29, 0.717) is 18.2 Å². The quantitative estimate of drug-likeness (QED) is 0.666. The van der Waals surface area contributed by atoms with Gasteiger partial charge in [-0.05, 0) is 31.2 Å². The average Bonchev–Trinajstić information content (AvgIpc) is 3.31. The average molecular weight is 385 g/mol. The summed E-state index contributed by atoms with van der Waals surface area (Å²) in [6, 6.07) is 10.3. The Bertz CT molecular complexity index is 1020. The Balaban J connectivity index is 1.56. The molecule has 1 aliphatic heterocycles. The number of anilines is 1. The highest BCUT2D eigenvalue weighted by atomic mass is 19.1. The zero-order valence-electron chi connectivity index (χ0n) is 15.1. The van der Waals surface area contributed by atoms with Crippen molar-refractivity contribution < 1.29 is 22.8 Å². The van der Waals surface area contributed by atoms with Crippen LogP contribution < -0.4 is 9.64 Å². The zero-order valence-corrected chi connectivity index (χ0v) is 15.1. The summed E-state index contributed by atoms with van der Waals surface area (Å²) in [4.78, 5) is 17.9. The minimum Gasteiger partial charge on any atom is -0.494 e. The van der Waals surface area contributed by atoms with Crippen molar-refractivity contribution in [1.82, 2.24) is 10.1 Å². The standard InChI is InChI=1S/C20H17F2N3O3/c1-2-27-15-5-3-4-12(8-15)19-23-20(28-24-19)13-9-18(26)25(11-13)17-10-14(21)6-7-16(17)22/h3-8,10,13H,2,9,11H2,1H3. The van der Waals surface area contributed by atoms with Gasteiger partial charge in [-0.1, -0.05) is 17.3 Å². The van der Waals surface area contributed by atoms with E-state index in [1.54, 1.807) is 6.07 Å². The van der Waals surface area contributed by atoms with E-state index in [1.165, 1.54) is 4.90 Å². The first-order chi connectivity index (χ1) is 13.5. The fourth-order valence-electron chi connectivity index (χ4n) is 3.21. The number of halogens is 2. The van der Waals surface area contributed by atoms with Gasteiger partial charge in [0.2, 0.25) is 17.6 Å². The lowest BCUT2D eigenvalue weighted by atomic mass is 10.1. The lowest BCUT2D eigenvalue weighted by Crippen LogP contribution is -2.25. The summed E-state index contributed by atoms with van der Waals surface area (Å²) in [5, 5.41) is 3.98. The molecule has 2 heterocycles. The molecule has 0 aliphatic carbocycles. The third kappa shape index (κ3) is 3.45. The Hall–Kier alpha value is -3.29. The Morgan fingerprint density at radius 3 is 2.93 bits per heavy atom. The van der Waals surface area contributed by atoms with E-state index in [2.05, 4.69) is 10.1 Å². The van der Waals surface area contributed by atoms with Gasteiger partial charge in [0.15, 0.2) is 0 Å². The molecule has 4 rings (SSSR count). The van der Waals surface area contributed by atoms with Gasteiger partial charge in [-0.3, -0.25) is 4.79 Å². The highest BCUT2D eigenvalue weighted by Crippen LogP contribution is 2.33. The molecule has 0 bridgehead atoms. The van der Waals surface area contributed by atoms with Crippen LogP contribution in [0.15, 0.2) is 47.0 Å². The number of benzene rings is 2. The van der Waals surface area contributed by atoms with Crippen LogP contribution in [0.4, 0.5) is 14.5 Å². The normalized spacial score (nSPS) is 16.6. The third-order valence-corrected chi connectivity index (χ3v) is 4.52. The van der Waals surface area contributed by atoms with Crippen LogP contribution in [-0.2, 0) is 4.79 Å². The largest absolute Gasteiger partial charge is 0.494 e. The first kappa shape index (κ1) is 18.1. The zero-order chi connectivity index (χ0) is 19.7. The van der Waals surface area contributed by atoms with Gasteiger partial charge in [0.1, 0.15) is 17.4 Å². The van der Waals surface area contributed by atoms with Gasteiger partial charge in [0, 0.05) is 24.6 Å². The minimum absolute atomic E-state index is 0.0799. The van der Waals surface area contributed by atoms with Gasteiger partial charge in [0.05, 0.1) is 18.2 Å². The molecule has 8 heteroatoms. The van der Waals surface area contributed by atoms with Crippen LogP contribution in [-0.4, -0.2) is 29.2 Å². The van der Waals surface area contributed by atoms with Gasteiger partial charge in [-0.2, -0.15) is 4.98 Å². The van der Waals surface area contributed by atoms with Crippen LogP contribution in [0.25, 0.3) is 11.4 Å². The summed E-state index contributed by atoms with van der Waals surface area (Å²) in [6.07, 6.45) is 0.0799. The second-order valence-electron chi connectivity index (χ2n) is 6.42. The van der Waals surface area contributed by atoms with E-state index >= 15 is 0 Å². The van der Waals surface area contributed by atoms with Crippen LogP contribution in [0.3, 0.4) is 0 Å². The summed E-state index contributed by atoms with van der Waals surface area (Å²) < 4.78 is 38.3. The fourth-order valence-corrected chi connectivity index (χ4v) is 3.21. The number of carbonyl (C=O) groups excluding carboxylic acids is 1. The first-order valence-electron chi connectivity index (χ1n) is 8.87. The van der Waals surface area contributed by atoms with E-state index in [9.17, 15) is 13.6 Å². The Kier molecular flexibility index (Phi) is 4.77. The highest BCUT2D eigenvalue weighted by molar-refractivity contribution is 5.96. The predicted molar refractivity (Wildman–Crippen MR) is 97.0 cm³/mol. The molecule has 1 unspecified atom stereocenters. The monoisotopic (exact) mass is 385 g/mol. The minimum atomic E-state index is -0.658. The van der Waals surface area contributed by atoms with Crippen LogP contribution in [0, 0.1) is 11.6 Å². The maximum atomic E-state index is 14.0. The maximum Gasteiger partial charge on any atom is 0.232 e. The number of nitrogens with zero attached hydrogens (tertiary/aromatic N) is 3. The molecule has 28 heavy (non-hydrogen) atoms. The fraction of sp³-hybridized carbons (Fsp3) is 0.250. The van der Waals surface area contributed by atoms with Gasteiger partial charge >= 0.3 is 0 Å². The van der Waals surface area contributed by atoms with E-state index in [0.717, 1.165) is 23.8 Å². The third-order valence-electron chi connectivity index (χ3n) is 4.52. The van der Waals surface area contributed by atoms with Gasteiger partial charge in [0.25, 0.3) is 0 Å². The SMILES string of the molecule is CCOc1cccc(-c2noc(C3CC(=O)N(c4cc(F)ccc4F)C3)n2)c1. The van der Waals surface area contributed by atoms with Gasteiger partial charge < -0.3 is 14.2 Å². The van der Waals surface area contributed by atoms with Crippen molar-refractivity contribution in [3.05, 3.63) is 60.0 Å². The smallest absolute Gasteiger partial charge is 0.232 e. The predicted octanol–water partition coefficient (Wildman–Crippen LogP) is 3.93. The number of hydrogen-bond acceptors (Lipinski definition) is 5. The molecule has 6 nitrogen and oxygen atoms in total. The van der Waals surface area contributed by atoms with Gasteiger partial charge in [-0.25, -0.2) is 8.78 Å². The summed E-state index contributed by atoms with van der Waals surface area (Å²) in [5.41, 5.74) is 0.634. The molecule has 1 amide bonds. The number of aromatic nitrogens is 2. The molecule has 0 spiro atoms. The molecule has 1 saturated heterocycles. The van der Waals surface area contributed by atoms with Crippen molar-refractivity contribution in [2.24, 2.45) is 0 Å². The number of hydrogen-bond donors (Lipinski definition) is 0. The summed E-state index contributed by atoms with van der Waals surface area (Å²) in [7, 11) is 0. The van der Waals surface area contributed by atoms with Gasteiger partial charge in [-0.15, -0.1) is 0 Å².